The van der Waals surface area contributed by atoms with Gasteiger partial charge in [-0.2, -0.15) is 0 Å². The Morgan fingerprint density at radius 1 is 1.56 bits per heavy atom. The first-order valence-electron chi connectivity index (χ1n) is 6.23. The molecule has 1 amide bonds. The Hall–Kier alpha value is -0.520. The second-order valence-electron chi connectivity index (χ2n) is 4.95. The number of carbonyl (C=O) groups excluding carboxylic acids is 1. The standard InChI is InChI=1S/C13H19NO2S2/c1-13(16)5-3-7-14(8-6-13)11(15)10-18-12-4-2-9-17-12/h2,4,9,16H,3,5-8,10H2,1H3. The van der Waals surface area contributed by atoms with Crippen molar-refractivity contribution in [3.63, 3.8) is 0 Å². The lowest BCUT2D eigenvalue weighted by Gasteiger charge is -2.22. The fourth-order valence-corrected chi connectivity index (χ4v) is 3.77. The van der Waals surface area contributed by atoms with Crippen molar-refractivity contribution < 1.29 is 9.90 Å². The smallest absolute Gasteiger partial charge is 0.232 e. The molecule has 1 unspecified atom stereocenters. The highest BCUT2D eigenvalue weighted by Gasteiger charge is 2.26. The van der Waals surface area contributed by atoms with Gasteiger partial charge in [-0.1, -0.05) is 6.07 Å². The average molecular weight is 285 g/mol. The van der Waals surface area contributed by atoms with Crippen molar-refractivity contribution >= 4 is 29.0 Å². The van der Waals surface area contributed by atoms with Crippen molar-refractivity contribution in [1.29, 1.82) is 0 Å². The van der Waals surface area contributed by atoms with Crippen LogP contribution in [0, 0.1) is 0 Å². The molecule has 0 radical (unpaired) electrons. The molecule has 1 aromatic rings. The summed E-state index contributed by atoms with van der Waals surface area (Å²) in [4.78, 5) is 14.0. The second-order valence-corrected chi connectivity index (χ2v) is 7.18. The van der Waals surface area contributed by atoms with Crippen LogP contribution in [-0.2, 0) is 4.79 Å². The SMILES string of the molecule is CC1(O)CCCN(C(=O)CSc2cccs2)CC1. The van der Waals surface area contributed by atoms with Gasteiger partial charge in [-0.25, -0.2) is 0 Å². The maximum atomic E-state index is 12.1. The number of thioether (sulfide) groups is 1. The van der Waals surface area contributed by atoms with Crippen LogP contribution < -0.4 is 0 Å². The lowest BCUT2D eigenvalue weighted by molar-refractivity contribution is -0.128. The van der Waals surface area contributed by atoms with Gasteiger partial charge >= 0.3 is 0 Å². The van der Waals surface area contributed by atoms with Crippen LogP contribution in [0.4, 0.5) is 0 Å². The first-order valence-corrected chi connectivity index (χ1v) is 8.10. The van der Waals surface area contributed by atoms with Crippen LogP contribution in [0.1, 0.15) is 26.2 Å². The van der Waals surface area contributed by atoms with Crippen LogP contribution in [0.25, 0.3) is 0 Å². The highest BCUT2D eigenvalue weighted by atomic mass is 32.2. The number of hydrogen-bond acceptors (Lipinski definition) is 4. The predicted molar refractivity (Wildman–Crippen MR) is 76.1 cm³/mol. The molecule has 1 aromatic heterocycles. The summed E-state index contributed by atoms with van der Waals surface area (Å²) in [6.45, 7) is 3.32. The maximum absolute atomic E-state index is 12.1. The van der Waals surface area contributed by atoms with Crippen LogP contribution in [0.2, 0.25) is 0 Å². The van der Waals surface area contributed by atoms with Gasteiger partial charge in [0.25, 0.3) is 0 Å². The molecule has 5 heteroatoms. The molecule has 3 nitrogen and oxygen atoms in total. The van der Waals surface area contributed by atoms with E-state index in [1.165, 1.54) is 4.21 Å². The molecule has 18 heavy (non-hydrogen) atoms. The zero-order valence-electron chi connectivity index (χ0n) is 10.6. The number of aliphatic hydroxyl groups is 1. The number of rotatable bonds is 3. The van der Waals surface area contributed by atoms with Gasteiger partial charge in [-0.15, -0.1) is 23.1 Å². The molecule has 0 spiro atoms. The van der Waals surface area contributed by atoms with E-state index in [0.717, 1.165) is 19.4 Å². The van der Waals surface area contributed by atoms with Crippen molar-refractivity contribution in [1.82, 2.24) is 4.90 Å². The Labute approximate surface area is 116 Å². The van der Waals surface area contributed by atoms with E-state index >= 15 is 0 Å². The Morgan fingerprint density at radius 2 is 2.39 bits per heavy atom. The minimum atomic E-state index is -0.601. The molecule has 100 valence electrons. The number of amides is 1. The summed E-state index contributed by atoms with van der Waals surface area (Å²) < 4.78 is 1.19. The lowest BCUT2D eigenvalue weighted by Crippen LogP contribution is -2.34. The van der Waals surface area contributed by atoms with Crippen molar-refractivity contribution in [3.8, 4) is 0 Å². The largest absolute Gasteiger partial charge is 0.390 e. The summed E-state index contributed by atoms with van der Waals surface area (Å²) in [5.41, 5.74) is -0.601. The van der Waals surface area contributed by atoms with Gasteiger partial charge in [-0.05, 0) is 37.6 Å². The van der Waals surface area contributed by atoms with E-state index < -0.39 is 5.60 Å². The number of carbonyl (C=O) groups is 1. The minimum Gasteiger partial charge on any atom is -0.390 e. The lowest BCUT2D eigenvalue weighted by atomic mass is 9.98. The zero-order chi connectivity index (χ0) is 13.0. The summed E-state index contributed by atoms with van der Waals surface area (Å²) in [5.74, 6) is 0.689. The maximum Gasteiger partial charge on any atom is 0.232 e. The van der Waals surface area contributed by atoms with Crippen molar-refractivity contribution in [3.05, 3.63) is 17.5 Å². The third-order valence-corrected chi connectivity index (χ3v) is 5.37. The predicted octanol–water partition coefficient (Wildman–Crippen LogP) is 2.60. The molecule has 1 fully saturated rings. The number of likely N-dealkylation sites (tertiary alicyclic amines) is 1. The van der Waals surface area contributed by atoms with Gasteiger partial charge in [0.05, 0.1) is 15.6 Å². The molecule has 0 bridgehead atoms. The Morgan fingerprint density at radius 3 is 3.11 bits per heavy atom. The summed E-state index contributed by atoms with van der Waals surface area (Å²) in [5, 5.41) is 12.0. The zero-order valence-corrected chi connectivity index (χ0v) is 12.2. The van der Waals surface area contributed by atoms with Gasteiger partial charge in [0.2, 0.25) is 5.91 Å². The molecule has 2 heterocycles. The Bertz CT molecular complexity index is 390. The molecule has 1 aliphatic heterocycles. The van der Waals surface area contributed by atoms with E-state index in [9.17, 15) is 9.90 Å². The van der Waals surface area contributed by atoms with Gasteiger partial charge < -0.3 is 10.0 Å². The molecule has 2 rings (SSSR count). The van der Waals surface area contributed by atoms with Gasteiger partial charge in [0, 0.05) is 13.1 Å². The van der Waals surface area contributed by atoms with Crippen LogP contribution >= 0.6 is 23.1 Å². The minimum absolute atomic E-state index is 0.186. The summed E-state index contributed by atoms with van der Waals surface area (Å²) in [7, 11) is 0. The highest BCUT2D eigenvalue weighted by Crippen LogP contribution is 2.25. The topological polar surface area (TPSA) is 40.5 Å². The van der Waals surface area contributed by atoms with E-state index in [1.807, 2.05) is 29.3 Å². The number of hydrogen-bond donors (Lipinski definition) is 1. The van der Waals surface area contributed by atoms with Gasteiger partial charge in [0.1, 0.15) is 0 Å². The highest BCUT2D eigenvalue weighted by molar-refractivity contribution is 8.01. The summed E-state index contributed by atoms with van der Waals surface area (Å²) >= 11 is 3.27. The molecule has 1 aliphatic rings. The molecule has 0 saturated carbocycles. The van der Waals surface area contributed by atoms with Crippen LogP contribution in [0.3, 0.4) is 0 Å². The third-order valence-electron chi connectivity index (χ3n) is 3.25. The van der Waals surface area contributed by atoms with Gasteiger partial charge in [0.15, 0.2) is 0 Å². The fraction of sp³-hybridized carbons (Fsp3) is 0.615. The third kappa shape index (κ3) is 4.00. The number of nitrogens with zero attached hydrogens (tertiary/aromatic N) is 1. The van der Waals surface area contributed by atoms with E-state index in [4.69, 9.17) is 0 Å². The monoisotopic (exact) mass is 285 g/mol. The quantitative estimate of drug-likeness (QED) is 0.868. The Kier molecular flexibility index (Phi) is 4.70. The van der Waals surface area contributed by atoms with Crippen molar-refractivity contribution in [2.75, 3.05) is 18.8 Å². The summed E-state index contributed by atoms with van der Waals surface area (Å²) in [6.07, 6.45) is 2.36. The molecule has 1 N–H and O–H groups in total. The Balaban J connectivity index is 1.82. The molecule has 0 aliphatic carbocycles. The van der Waals surface area contributed by atoms with Gasteiger partial charge in [-0.3, -0.25) is 4.79 Å². The molecular formula is C13H19NO2S2. The fourth-order valence-electron chi connectivity index (χ4n) is 2.08. The van der Waals surface area contributed by atoms with E-state index in [2.05, 4.69) is 0 Å². The van der Waals surface area contributed by atoms with E-state index in [-0.39, 0.29) is 5.91 Å². The second kappa shape index (κ2) is 6.08. The average Bonchev–Trinajstić information content (AvgIpc) is 2.77. The molecule has 1 atom stereocenters. The van der Waals surface area contributed by atoms with Crippen LogP contribution in [0.15, 0.2) is 21.7 Å². The van der Waals surface area contributed by atoms with E-state index in [1.54, 1.807) is 23.1 Å². The normalized spacial score (nSPS) is 24.9. The molecule has 0 aromatic carbocycles. The molecular weight excluding hydrogens is 266 g/mol. The van der Waals surface area contributed by atoms with E-state index in [0.29, 0.717) is 18.7 Å². The van der Waals surface area contributed by atoms with Crippen molar-refractivity contribution in [2.45, 2.75) is 36.0 Å². The van der Waals surface area contributed by atoms with Crippen molar-refractivity contribution in [2.24, 2.45) is 0 Å². The van der Waals surface area contributed by atoms with Crippen LogP contribution in [-0.4, -0.2) is 40.4 Å². The first kappa shape index (κ1) is 13.9. The number of thiophene rings is 1. The molecule has 1 saturated heterocycles. The van der Waals surface area contributed by atoms with Crippen LogP contribution in [0.5, 0.6) is 0 Å². The first-order chi connectivity index (χ1) is 8.57. The summed E-state index contributed by atoms with van der Waals surface area (Å²) in [6, 6.07) is 4.04.